The van der Waals surface area contributed by atoms with Gasteiger partial charge in [-0.2, -0.15) is 0 Å². The second-order valence-corrected chi connectivity index (χ2v) is 5.77. The van der Waals surface area contributed by atoms with E-state index in [1.165, 1.54) is 0 Å². The standard InChI is InChI=1S/C21H22N2O4/c1-3-26-19-8-6-16(11-20(19)27-4-2)21(24)23-13-15-5-7-18(22-12-15)17-9-10-25-14-17/h5-12,14H,3-4,13H2,1-2H3,(H,23,24). The van der Waals surface area contributed by atoms with Gasteiger partial charge in [0, 0.05) is 23.9 Å². The monoisotopic (exact) mass is 366 g/mol. The molecule has 1 N–H and O–H groups in total. The lowest BCUT2D eigenvalue weighted by Gasteiger charge is -2.12. The van der Waals surface area contributed by atoms with Crippen molar-refractivity contribution in [3.63, 3.8) is 0 Å². The van der Waals surface area contributed by atoms with Crippen LogP contribution in [0.2, 0.25) is 0 Å². The van der Waals surface area contributed by atoms with E-state index in [0.29, 0.717) is 36.8 Å². The summed E-state index contributed by atoms with van der Waals surface area (Å²) in [5, 5.41) is 2.90. The molecule has 0 unspecified atom stereocenters. The summed E-state index contributed by atoms with van der Waals surface area (Å²) in [7, 11) is 0. The first-order valence-corrected chi connectivity index (χ1v) is 8.86. The van der Waals surface area contributed by atoms with E-state index >= 15 is 0 Å². The van der Waals surface area contributed by atoms with Gasteiger partial charge >= 0.3 is 0 Å². The molecule has 2 heterocycles. The van der Waals surface area contributed by atoms with Gasteiger partial charge in [-0.25, -0.2) is 0 Å². The van der Waals surface area contributed by atoms with Crippen molar-refractivity contribution in [2.45, 2.75) is 20.4 Å². The van der Waals surface area contributed by atoms with Crippen LogP contribution in [-0.2, 0) is 6.54 Å². The minimum atomic E-state index is -0.182. The SMILES string of the molecule is CCOc1ccc(C(=O)NCc2ccc(-c3ccoc3)nc2)cc1OCC. The fraction of sp³-hybridized carbons (Fsp3) is 0.238. The minimum absolute atomic E-state index is 0.182. The predicted molar refractivity (Wildman–Crippen MR) is 102 cm³/mol. The van der Waals surface area contributed by atoms with Gasteiger partial charge in [-0.05, 0) is 49.7 Å². The van der Waals surface area contributed by atoms with Crippen molar-refractivity contribution in [2.75, 3.05) is 13.2 Å². The van der Waals surface area contributed by atoms with Gasteiger partial charge in [0.1, 0.15) is 0 Å². The van der Waals surface area contributed by atoms with Crippen molar-refractivity contribution in [1.82, 2.24) is 10.3 Å². The molecule has 140 valence electrons. The molecule has 2 aromatic heterocycles. The number of pyridine rings is 1. The van der Waals surface area contributed by atoms with Crippen LogP contribution in [0.1, 0.15) is 29.8 Å². The summed E-state index contributed by atoms with van der Waals surface area (Å²) in [4.78, 5) is 16.9. The summed E-state index contributed by atoms with van der Waals surface area (Å²) in [6.07, 6.45) is 5.00. The molecule has 0 fully saturated rings. The Morgan fingerprint density at radius 2 is 1.89 bits per heavy atom. The van der Waals surface area contributed by atoms with E-state index in [0.717, 1.165) is 16.8 Å². The van der Waals surface area contributed by atoms with Gasteiger partial charge in [0.15, 0.2) is 11.5 Å². The number of ether oxygens (including phenoxy) is 2. The van der Waals surface area contributed by atoms with Crippen LogP contribution in [0, 0.1) is 0 Å². The maximum atomic E-state index is 12.5. The summed E-state index contributed by atoms with van der Waals surface area (Å²) in [6.45, 7) is 5.22. The Labute approximate surface area is 158 Å². The van der Waals surface area contributed by atoms with Crippen LogP contribution >= 0.6 is 0 Å². The summed E-state index contributed by atoms with van der Waals surface area (Å²) in [6, 6.07) is 10.9. The van der Waals surface area contributed by atoms with E-state index in [2.05, 4.69) is 10.3 Å². The Hall–Kier alpha value is -3.28. The van der Waals surface area contributed by atoms with E-state index in [1.807, 2.05) is 32.0 Å². The van der Waals surface area contributed by atoms with Crippen molar-refractivity contribution in [3.8, 4) is 22.8 Å². The van der Waals surface area contributed by atoms with E-state index < -0.39 is 0 Å². The smallest absolute Gasteiger partial charge is 0.251 e. The highest BCUT2D eigenvalue weighted by atomic mass is 16.5. The first-order valence-electron chi connectivity index (χ1n) is 8.86. The Morgan fingerprint density at radius 3 is 2.56 bits per heavy atom. The third-order valence-electron chi connectivity index (χ3n) is 3.90. The van der Waals surface area contributed by atoms with E-state index in [9.17, 15) is 4.79 Å². The van der Waals surface area contributed by atoms with Gasteiger partial charge in [0.25, 0.3) is 5.91 Å². The molecule has 3 aromatic rings. The molecule has 0 radical (unpaired) electrons. The quantitative estimate of drug-likeness (QED) is 0.650. The lowest BCUT2D eigenvalue weighted by Crippen LogP contribution is -2.23. The Balaban J connectivity index is 1.64. The first kappa shape index (κ1) is 18.5. The molecule has 0 aliphatic rings. The highest BCUT2D eigenvalue weighted by Gasteiger charge is 2.11. The third kappa shape index (κ3) is 4.67. The van der Waals surface area contributed by atoms with Gasteiger partial charge in [-0.1, -0.05) is 6.07 Å². The molecule has 0 saturated carbocycles. The maximum absolute atomic E-state index is 12.5. The first-order chi connectivity index (χ1) is 13.2. The lowest BCUT2D eigenvalue weighted by molar-refractivity contribution is 0.0950. The molecule has 0 saturated heterocycles. The van der Waals surface area contributed by atoms with E-state index in [4.69, 9.17) is 13.9 Å². The third-order valence-corrected chi connectivity index (χ3v) is 3.90. The summed E-state index contributed by atoms with van der Waals surface area (Å²) >= 11 is 0. The van der Waals surface area contributed by atoms with E-state index in [-0.39, 0.29) is 5.91 Å². The normalized spacial score (nSPS) is 10.4. The van der Waals surface area contributed by atoms with Gasteiger partial charge in [0.05, 0.1) is 31.4 Å². The number of rotatable bonds is 8. The molecule has 0 aliphatic carbocycles. The Morgan fingerprint density at radius 1 is 1.07 bits per heavy atom. The number of furan rings is 1. The minimum Gasteiger partial charge on any atom is -0.490 e. The molecule has 1 amide bonds. The molecule has 6 nitrogen and oxygen atoms in total. The number of benzene rings is 1. The zero-order chi connectivity index (χ0) is 19.1. The lowest BCUT2D eigenvalue weighted by atomic mass is 10.1. The Bertz CT molecular complexity index is 874. The van der Waals surface area contributed by atoms with Crippen molar-refractivity contribution >= 4 is 5.91 Å². The number of carbonyl (C=O) groups excluding carboxylic acids is 1. The van der Waals surface area contributed by atoms with Crippen molar-refractivity contribution in [1.29, 1.82) is 0 Å². The largest absolute Gasteiger partial charge is 0.490 e. The zero-order valence-electron chi connectivity index (χ0n) is 15.4. The van der Waals surface area contributed by atoms with Gasteiger partial charge in [-0.3, -0.25) is 9.78 Å². The molecule has 0 aliphatic heterocycles. The summed E-state index contributed by atoms with van der Waals surface area (Å²) in [5.74, 6) is 1.02. The molecule has 1 aromatic carbocycles. The predicted octanol–water partition coefficient (Wildman–Crippen LogP) is 4.07. The van der Waals surface area contributed by atoms with Crippen LogP contribution in [0.3, 0.4) is 0 Å². The highest BCUT2D eigenvalue weighted by Crippen LogP contribution is 2.28. The summed E-state index contributed by atoms with van der Waals surface area (Å²) < 4.78 is 16.2. The average molecular weight is 366 g/mol. The van der Waals surface area contributed by atoms with Crippen molar-refractivity contribution < 1.29 is 18.7 Å². The Kier molecular flexibility index (Phi) is 6.10. The van der Waals surface area contributed by atoms with Crippen LogP contribution in [0.4, 0.5) is 0 Å². The fourth-order valence-corrected chi connectivity index (χ4v) is 2.59. The molecule has 27 heavy (non-hydrogen) atoms. The van der Waals surface area contributed by atoms with Crippen molar-refractivity contribution in [3.05, 3.63) is 66.2 Å². The number of amides is 1. The maximum Gasteiger partial charge on any atom is 0.251 e. The second kappa shape index (κ2) is 8.89. The van der Waals surface area contributed by atoms with Gasteiger partial charge < -0.3 is 19.2 Å². The molecule has 0 spiro atoms. The molecular weight excluding hydrogens is 344 g/mol. The number of nitrogens with one attached hydrogen (secondary N) is 1. The van der Waals surface area contributed by atoms with Gasteiger partial charge in [-0.15, -0.1) is 0 Å². The van der Waals surface area contributed by atoms with Crippen LogP contribution in [0.15, 0.2) is 59.5 Å². The van der Waals surface area contributed by atoms with Crippen LogP contribution < -0.4 is 14.8 Å². The number of nitrogens with zero attached hydrogens (tertiary/aromatic N) is 1. The van der Waals surface area contributed by atoms with Crippen molar-refractivity contribution in [2.24, 2.45) is 0 Å². The second-order valence-electron chi connectivity index (χ2n) is 5.77. The topological polar surface area (TPSA) is 73.6 Å². The molecule has 0 bridgehead atoms. The fourth-order valence-electron chi connectivity index (χ4n) is 2.59. The van der Waals surface area contributed by atoms with Crippen LogP contribution in [0.5, 0.6) is 11.5 Å². The molecule has 0 atom stereocenters. The molecular formula is C21H22N2O4. The highest BCUT2D eigenvalue weighted by molar-refractivity contribution is 5.94. The summed E-state index contributed by atoms with van der Waals surface area (Å²) in [5.41, 5.74) is 3.17. The average Bonchev–Trinajstić information content (AvgIpc) is 3.23. The number of hydrogen-bond donors (Lipinski definition) is 1. The number of hydrogen-bond acceptors (Lipinski definition) is 5. The van der Waals surface area contributed by atoms with Gasteiger partial charge in [0.2, 0.25) is 0 Å². The molecule has 6 heteroatoms. The van der Waals surface area contributed by atoms with Crippen LogP contribution in [0.25, 0.3) is 11.3 Å². The van der Waals surface area contributed by atoms with E-state index in [1.54, 1.807) is 36.9 Å². The zero-order valence-corrected chi connectivity index (χ0v) is 15.4. The van der Waals surface area contributed by atoms with Crippen LogP contribution in [-0.4, -0.2) is 24.1 Å². The number of aromatic nitrogens is 1. The number of carbonyl (C=O) groups is 1. The molecule has 3 rings (SSSR count).